The highest BCUT2D eigenvalue weighted by Gasteiger charge is 2.15. The van der Waals surface area contributed by atoms with Crippen LogP contribution in [0.5, 0.6) is 0 Å². The quantitative estimate of drug-likeness (QED) is 0.679. The monoisotopic (exact) mass is 236 g/mol. The van der Waals surface area contributed by atoms with Crippen molar-refractivity contribution in [2.45, 2.75) is 19.9 Å². The minimum absolute atomic E-state index is 0.253. The van der Waals surface area contributed by atoms with E-state index in [1.165, 1.54) is 13.1 Å². The van der Waals surface area contributed by atoms with Gasteiger partial charge >= 0.3 is 0 Å². The summed E-state index contributed by atoms with van der Waals surface area (Å²) in [6, 6.07) is 2.49. The van der Waals surface area contributed by atoms with Gasteiger partial charge in [-0.05, 0) is 26.0 Å². The maximum absolute atomic E-state index is 11.8. The first-order valence-corrected chi connectivity index (χ1v) is 5.20. The van der Waals surface area contributed by atoms with Gasteiger partial charge in [0.05, 0.1) is 0 Å². The van der Waals surface area contributed by atoms with Gasteiger partial charge < -0.3 is 16.4 Å². The van der Waals surface area contributed by atoms with Gasteiger partial charge in [-0.15, -0.1) is 0 Å². The number of carbonyl (C=O) groups excluding carboxylic acids is 2. The Balaban J connectivity index is 2.79. The number of nitrogens with two attached hydrogens (primary N) is 1. The third-order valence-electron chi connectivity index (χ3n) is 2.22. The summed E-state index contributed by atoms with van der Waals surface area (Å²) in [6.45, 7) is 3.35. The Bertz CT molecular complexity index is 425. The van der Waals surface area contributed by atoms with Gasteiger partial charge in [-0.25, -0.2) is 4.98 Å². The molecule has 1 rings (SSSR count). The molecule has 0 saturated heterocycles. The lowest BCUT2D eigenvalue weighted by atomic mass is 10.2. The smallest absolute Gasteiger partial charge is 0.252 e. The molecule has 1 aromatic rings. The van der Waals surface area contributed by atoms with Crippen LogP contribution in [0.4, 0.5) is 5.82 Å². The van der Waals surface area contributed by atoms with Gasteiger partial charge in [0.2, 0.25) is 5.91 Å². The zero-order valence-electron chi connectivity index (χ0n) is 10.1. The van der Waals surface area contributed by atoms with E-state index in [2.05, 4.69) is 15.6 Å². The lowest BCUT2D eigenvalue weighted by Crippen LogP contribution is -2.43. The standard InChI is InChI=1S/C11H16N4O2/c1-6-4-8(5-9(12)14-6)11(17)15-7(2)10(16)13-3/h4-5,7H,1-3H3,(H2,12,14)(H,13,16)(H,15,17). The molecule has 0 aliphatic carbocycles. The molecule has 92 valence electrons. The predicted molar refractivity (Wildman–Crippen MR) is 64.4 cm³/mol. The highest BCUT2D eigenvalue weighted by atomic mass is 16.2. The minimum atomic E-state index is -0.595. The molecular formula is C11H16N4O2. The fourth-order valence-electron chi connectivity index (χ4n) is 1.39. The summed E-state index contributed by atoms with van der Waals surface area (Å²) >= 11 is 0. The van der Waals surface area contributed by atoms with Crippen molar-refractivity contribution in [1.29, 1.82) is 0 Å². The highest BCUT2D eigenvalue weighted by Crippen LogP contribution is 2.07. The number of nitrogens with one attached hydrogen (secondary N) is 2. The zero-order valence-corrected chi connectivity index (χ0v) is 10.1. The van der Waals surface area contributed by atoms with Crippen molar-refractivity contribution >= 4 is 17.6 Å². The minimum Gasteiger partial charge on any atom is -0.384 e. The molecule has 17 heavy (non-hydrogen) atoms. The second-order valence-electron chi connectivity index (χ2n) is 3.73. The average molecular weight is 236 g/mol. The van der Waals surface area contributed by atoms with E-state index in [0.717, 1.165) is 0 Å². The number of aromatic nitrogens is 1. The number of rotatable bonds is 3. The van der Waals surface area contributed by atoms with Gasteiger partial charge in [-0.1, -0.05) is 0 Å². The molecule has 6 heteroatoms. The summed E-state index contributed by atoms with van der Waals surface area (Å²) in [4.78, 5) is 27.0. The number of likely N-dealkylation sites (N-methyl/N-ethyl adjacent to an activating group) is 1. The summed E-state index contributed by atoms with van der Waals surface area (Å²) in [5, 5.41) is 5.02. The topological polar surface area (TPSA) is 97.1 Å². The van der Waals surface area contributed by atoms with E-state index in [9.17, 15) is 9.59 Å². The normalized spacial score (nSPS) is 11.7. The number of nitrogens with zero attached hydrogens (tertiary/aromatic N) is 1. The van der Waals surface area contributed by atoms with Crippen LogP contribution in [0, 0.1) is 6.92 Å². The van der Waals surface area contributed by atoms with Crippen LogP contribution in [0.1, 0.15) is 23.0 Å². The second-order valence-corrected chi connectivity index (χ2v) is 3.73. The maximum atomic E-state index is 11.8. The van der Waals surface area contributed by atoms with Crippen molar-refractivity contribution in [3.8, 4) is 0 Å². The van der Waals surface area contributed by atoms with E-state index in [1.54, 1.807) is 19.9 Å². The molecule has 0 aliphatic heterocycles. The highest BCUT2D eigenvalue weighted by molar-refractivity contribution is 5.97. The molecule has 0 bridgehead atoms. The number of amides is 2. The number of pyridine rings is 1. The summed E-state index contributed by atoms with van der Waals surface area (Å²) in [7, 11) is 1.51. The summed E-state index contributed by atoms with van der Waals surface area (Å²) < 4.78 is 0. The largest absolute Gasteiger partial charge is 0.384 e. The molecule has 2 amide bonds. The maximum Gasteiger partial charge on any atom is 0.252 e. The third kappa shape index (κ3) is 3.44. The fraction of sp³-hybridized carbons (Fsp3) is 0.364. The van der Waals surface area contributed by atoms with Crippen molar-refractivity contribution in [1.82, 2.24) is 15.6 Å². The lowest BCUT2D eigenvalue weighted by molar-refractivity contribution is -0.122. The number of anilines is 1. The van der Waals surface area contributed by atoms with E-state index < -0.39 is 6.04 Å². The molecule has 6 nitrogen and oxygen atoms in total. The molecule has 1 atom stereocenters. The van der Waals surface area contributed by atoms with Gasteiger partial charge in [0.25, 0.3) is 5.91 Å². The van der Waals surface area contributed by atoms with Crippen LogP contribution in [0.2, 0.25) is 0 Å². The Morgan fingerprint density at radius 3 is 2.59 bits per heavy atom. The molecule has 0 aliphatic rings. The Hall–Kier alpha value is -2.11. The molecule has 0 spiro atoms. The number of aryl methyl sites for hydroxylation is 1. The van der Waals surface area contributed by atoms with E-state index >= 15 is 0 Å². The van der Waals surface area contributed by atoms with Crippen LogP contribution in [0.25, 0.3) is 0 Å². The molecule has 1 aromatic heterocycles. The van der Waals surface area contributed by atoms with E-state index in [4.69, 9.17) is 5.73 Å². The second kappa shape index (κ2) is 5.29. The Kier molecular flexibility index (Phi) is 4.03. The molecular weight excluding hydrogens is 220 g/mol. The average Bonchev–Trinajstić information content (AvgIpc) is 2.26. The number of carbonyl (C=O) groups is 2. The Labute approximate surface area is 99.6 Å². The van der Waals surface area contributed by atoms with Crippen molar-refractivity contribution in [2.75, 3.05) is 12.8 Å². The van der Waals surface area contributed by atoms with E-state index in [0.29, 0.717) is 11.3 Å². The van der Waals surface area contributed by atoms with Crippen molar-refractivity contribution in [3.63, 3.8) is 0 Å². The number of hydrogen-bond acceptors (Lipinski definition) is 4. The first kappa shape index (κ1) is 13.0. The van der Waals surface area contributed by atoms with Crippen LogP contribution in [0.15, 0.2) is 12.1 Å². The first-order chi connectivity index (χ1) is 7.93. The Morgan fingerprint density at radius 2 is 2.06 bits per heavy atom. The van der Waals surface area contributed by atoms with Crippen molar-refractivity contribution in [3.05, 3.63) is 23.4 Å². The molecule has 0 radical (unpaired) electrons. The summed E-state index contributed by atoms with van der Waals surface area (Å²) in [6.07, 6.45) is 0. The third-order valence-corrected chi connectivity index (χ3v) is 2.22. The zero-order chi connectivity index (χ0) is 13.0. The summed E-state index contributed by atoms with van der Waals surface area (Å²) in [5.74, 6) is -0.321. The molecule has 0 fully saturated rings. The van der Waals surface area contributed by atoms with Gasteiger partial charge in [-0.2, -0.15) is 0 Å². The fourth-order valence-corrected chi connectivity index (χ4v) is 1.39. The van der Waals surface area contributed by atoms with Crippen molar-refractivity contribution < 1.29 is 9.59 Å². The SMILES string of the molecule is CNC(=O)C(C)NC(=O)c1cc(C)nc(N)c1. The van der Waals surface area contributed by atoms with Crippen LogP contribution >= 0.6 is 0 Å². The molecule has 4 N–H and O–H groups in total. The van der Waals surface area contributed by atoms with Crippen LogP contribution in [-0.2, 0) is 4.79 Å². The number of hydrogen-bond donors (Lipinski definition) is 3. The van der Waals surface area contributed by atoms with Gasteiger partial charge in [0.1, 0.15) is 11.9 Å². The van der Waals surface area contributed by atoms with Crippen LogP contribution < -0.4 is 16.4 Å². The number of nitrogen functional groups attached to an aromatic ring is 1. The predicted octanol–water partition coefficient (Wildman–Crippen LogP) is -0.163. The van der Waals surface area contributed by atoms with E-state index in [1.807, 2.05) is 0 Å². The van der Waals surface area contributed by atoms with Gasteiger partial charge in [0, 0.05) is 18.3 Å². The van der Waals surface area contributed by atoms with Crippen LogP contribution in [-0.4, -0.2) is 29.9 Å². The van der Waals surface area contributed by atoms with E-state index in [-0.39, 0.29) is 17.6 Å². The van der Waals surface area contributed by atoms with Gasteiger partial charge in [-0.3, -0.25) is 9.59 Å². The molecule has 1 heterocycles. The first-order valence-electron chi connectivity index (χ1n) is 5.20. The van der Waals surface area contributed by atoms with Gasteiger partial charge in [0.15, 0.2) is 0 Å². The Morgan fingerprint density at radius 1 is 1.41 bits per heavy atom. The molecule has 0 saturated carbocycles. The van der Waals surface area contributed by atoms with Crippen molar-refractivity contribution in [2.24, 2.45) is 0 Å². The molecule has 1 unspecified atom stereocenters. The summed E-state index contributed by atoms with van der Waals surface area (Å²) in [5.41, 5.74) is 6.59. The van der Waals surface area contributed by atoms with Crippen LogP contribution in [0.3, 0.4) is 0 Å². The lowest BCUT2D eigenvalue weighted by Gasteiger charge is -2.12. The molecule has 0 aromatic carbocycles.